The molecule has 0 spiro atoms. The topological polar surface area (TPSA) is 91.4 Å². The molecule has 0 saturated carbocycles. The van der Waals surface area contributed by atoms with Gasteiger partial charge in [-0.1, -0.05) is 38.1 Å². The first-order chi connectivity index (χ1) is 12.5. The fourth-order valence-electron chi connectivity index (χ4n) is 2.88. The molecule has 0 aromatic heterocycles. The van der Waals surface area contributed by atoms with E-state index in [1.54, 1.807) is 12.1 Å². The van der Waals surface area contributed by atoms with Gasteiger partial charge in [0.2, 0.25) is 0 Å². The highest BCUT2D eigenvalue weighted by molar-refractivity contribution is 6.04. The molecule has 0 aliphatic carbocycles. The smallest absolute Gasteiger partial charge is 0.393 e. The molecule has 2 rings (SSSR count). The van der Waals surface area contributed by atoms with Crippen LogP contribution in [0.4, 0.5) is 13.2 Å². The molecule has 1 aliphatic heterocycles. The maximum atomic E-state index is 12.5. The fourth-order valence-corrected chi connectivity index (χ4v) is 2.88. The Morgan fingerprint density at radius 2 is 1.89 bits per heavy atom. The van der Waals surface area contributed by atoms with Gasteiger partial charge in [0.15, 0.2) is 5.70 Å². The Morgan fingerprint density at radius 3 is 2.33 bits per heavy atom. The van der Waals surface area contributed by atoms with Gasteiger partial charge >= 0.3 is 6.18 Å². The SMILES string of the molecule is CC(C)C1=C(/C(N)=C(\C#N)N(C)N)N=C(c2ccc(CC(F)(F)F)cc2)C1. The van der Waals surface area contributed by atoms with Crippen LogP contribution in [0, 0.1) is 17.2 Å². The zero-order chi connectivity index (χ0) is 20.4. The molecular formula is C19H22F3N5. The molecule has 0 radical (unpaired) electrons. The lowest BCUT2D eigenvalue weighted by molar-refractivity contribution is -0.127. The first kappa shape index (κ1) is 20.5. The van der Waals surface area contributed by atoms with Crippen LogP contribution in [0.15, 0.2) is 51.9 Å². The van der Waals surface area contributed by atoms with Crippen LogP contribution in [-0.4, -0.2) is 23.9 Å². The van der Waals surface area contributed by atoms with Gasteiger partial charge in [-0.05, 0) is 22.6 Å². The molecule has 1 heterocycles. The molecule has 0 fully saturated rings. The van der Waals surface area contributed by atoms with Gasteiger partial charge in [0, 0.05) is 13.5 Å². The standard InChI is InChI=1S/C19H22F3N5/c1-11(2)14-8-15(26-18(14)17(24)16(10-23)27(3)25)13-6-4-12(5-7-13)9-19(20,21)22/h4-7,11H,8-9,24-25H2,1-3H3/b17-16-. The van der Waals surface area contributed by atoms with Crippen molar-refractivity contribution in [1.82, 2.24) is 5.01 Å². The highest BCUT2D eigenvalue weighted by atomic mass is 19.4. The summed E-state index contributed by atoms with van der Waals surface area (Å²) < 4.78 is 37.5. The lowest BCUT2D eigenvalue weighted by atomic mass is 9.94. The van der Waals surface area contributed by atoms with Crippen LogP contribution in [0.1, 0.15) is 31.4 Å². The summed E-state index contributed by atoms with van der Waals surface area (Å²) in [7, 11) is 1.51. The lowest BCUT2D eigenvalue weighted by Gasteiger charge is -2.15. The molecule has 1 aromatic rings. The summed E-state index contributed by atoms with van der Waals surface area (Å²) in [5.41, 5.74) is 9.52. The number of hydrogen-bond donors (Lipinski definition) is 2. The number of allylic oxidation sites excluding steroid dienone is 2. The van der Waals surface area contributed by atoms with E-state index in [-0.39, 0.29) is 22.9 Å². The van der Waals surface area contributed by atoms with Gasteiger partial charge in [0.1, 0.15) is 6.07 Å². The van der Waals surface area contributed by atoms with E-state index in [1.807, 2.05) is 19.9 Å². The number of nitriles is 1. The summed E-state index contributed by atoms with van der Waals surface area (Å²) in [6, 6.07) is 8.12. The summed E-state index contributed by atoms with van der Waals surface area (Å²) in [4.78, 5) is 4.57. The molecule has 1 aromatic carbocycles. The molecule has 0 amide bonds. The van der Waals surface area contributed by atoms with Gasteiger partial charge in [-0.15, -0.1) is 0 Å². The molecule has 4 N–H and O–H groups in total. The van der Waals surface area contributed by atoms with Crippen molar-refractivity contribution >= 4 is 5.71 Å². The molecule has 0 unspecified atom stereocenters. The first-order valence-corrected chi connectivity index (χ1v) is 8.38. The maximum absolute atomic E-state index is 12.5. The van der Waals surface area contributed by atoms with E-state index < -0.39 is 12.6 Å². The molecule has 1 aliphatic rings. The molecule has 0 bridgehead atoms. The predicted octanol–water partition coefficient (Wildman–Crippen LogP) is 3.39. The van der Waals surface area contributed by atoms with Crippen molar-refractivity contribution in [2.75, 3.05) is 7.05 Å². The first-order valence-electron chi connectivity index (χ1n) is 8.38. The van der Waals surface area contributed by atoms with Crippen molar-refractivity contribution in [3.63, 3.8) is 0 Å². The van der Waals surface area contributed by atoms with Gasteiger partial charge < -0.3 is 10.7 Å². The Hall–Kier alpha value is -2.79. The van der Waals surface area contributed by atoms with Crippen LogP contribution < -0.4 is 11.6 Å². The second kappa shape index (κ2) is 7.84. The van der Waals surface area contributed by atoms with Gasteiger partial charge in [0.05, 0.1) is 23.5 Å². The zero-order valence-corrected chi connectivity index (χ0v) is 15.4. The molecule has 27 heavy (non-hydrogen) atoms. The normalized spacial score (nSPS) is 15.6. The second-order valence-corrected chi connectivity index (χ2v) is 6.74. The minimum atomic E-state index is -4.24. The van der Waals surface area contributed by atoms with Crippen molar-refractivity contribution < 1.29 is 13.2 Å². The Bertz CT molecular complexity index is 838. The third kappa shape index (κ3) is 4.89. The van der Waals surface area contributed by atoms with Gasteiger partial charge in [-0.3, -0.25) is 4.99 Å². The van der Waals surface area contributed by atoms with Crippen LogP contribution in [-0.2, 0) is 6.42 Å². The summed E-state index contributed by atoms with van der Waals surface area (Å²) in [5.74, 6) is 5.79. The van der Waals surface area contributed by atoms with Crippen LogP contribution in [0.2, 0.25) is 0 Å². The molecule has 0 saturated heterocycles. The van der Waals surface area contributed by atoms with Gasteiger partial charge in [0.25, 0.3) is 0 Å². The average molecular weight is 377 g/mol. The van der Waals surface area contributed by atoms with E-state index in [0.717, 1.165) is 16.1 Å². The van der Waals surface area contributed by atoms with Gasteiger partial charge in [-0.2, -0.15) is 18.4 Å². The molecule has 5 nitrogen and oxygen atoms in total. The fraction of sp³-hybridized carbons (Fsp3) is 0.368. The lowest BCUT2D eigenvalue weighted by Crippen LogP contribution is -2.27. The monoisotopic (exact) mass is 377 g/mol. The summed E-state index contributed by atoms with van der Waals surface area (Å²) in [5, 5.41) is 10.4. The number of hydrogen-bond acceptors (Lipinski definition) is 5. The number of nitrogens with zero attached hydrogens (tertiary/aromatic N) is 3. The third-order valence-corrected chi connectivity index (χ3v) is 4.27. The Balaban J connectivity index is 2.38. The van der Waals surface area contributed by atoms with Crippen molar-refractivity contribution in [2.24, 2.45) is 22.5 Å². The number of alkyl halides is 3. The minimum Gasteiger partial charge on any atom is -0.395 e. The van der Waals surface area contributed by atoms with Crippen LogP contribution in [0.25, 0.3) is 0 Å². The van der Waals surface area contributed by atoms with Crippen molar-refractivity contribution in [3.8, 4) is 6.07 Å². The van der Waals surface area contributed by atoms with Gasteiger partial charge in [-0.25, -0.2) is 5.84 Å². The molecular weight excluding hydrogens is 355 g/mol. The van der Waals surface area contributed by atoms with Crippen LogP contribution >= 0.6 is 0 Å². The molecule has 8 heteroatoms. The van der Waals surface area contributed by atoms with E-state index in [2.05, 4.69) is 4.99 Å². The maximum Gasteiger partial charge on any atom is 0.393 e. The quantitative estimate of drug-likeness (QED) is 0.467. The summed E-state index contributed by atoms with van der Waals surface area (Å²) in [6.45, 7) is 3.98. The average Bonchev–Trinajstić information content (AvgIpc) is 2.99. The van der Waals surface area contributed by atoms with Crippen LogP contribution in [0.5, 0.6) is 0 Å². The van der Waals surface area contributed by atoms with Crippen LogP contribution in [0.3, 0.4) is 0 Å². The Morgan fingerprint density at radius 1 is 1.30 bits per heavy atom. The number of hydrazine groups is 1. The molecule has 0 atom stereocenters. The van der Waals surface area contributed by atoms with E-state index in [1.165, 1.54) is 19.2 Å². The highest BCUT2D eigenvalue weighted by Gasteiger charge is 2.28. The number of halogens is 3. The highest BCUT2D eigenvalue weighted by Crippen LogP contribution is 2.33. The minimum absolute atomic E-state index is 0.105. The number of rotatable bonds is 5. The third-order valence-electron chi connectivity index (χ3n) is 4.27. The van der Waals surface area contributed by atoms with Crippen molar-refractivity contribution in [2.45, 2.75) is 32.9 Å². The predicted molar refractivity (Wildman–Crippen MR) is 98.0 cm³/mol. The van der Waals surface area contributed by atoms with Crippen molar-refractivity contribution in [1.29, 1.82) is 5.26 Å². The summed E-state index contributed by atoms with van der Waals surface area (Å²) >= 11 is 0. The summed E-state index contributed by atoms with van der Waals surface area (Å²) in [6.07, 6.45) is -4.70. The van der Waals surface area contributed by atoms with E-state index in [4.69, 9.17) is 11.6 Å². The van der Waals surface area contributed by atoms with E-state index in [0.29, 0.717) is 17.8 Å². The second-order valence-electron chi connectivity index (χ2n) is 6.74. The largest absolute Gasteiger partial charge is 0.395 e. The number of benzene rings is 1. The molecule has 144 valence electrons. The Kier molecular flexibility index (Phi) is 5.96. The zero-order valence-electron chi connectivity index (χ0n) is 15.4. The number of nitrogens with two attached hydrogens (primary N) is 2. The van der Waals surface area contributed by atoms with E-state index >= 15 is 0 Å². The Labute approximate surface area is 156 Å². The van der Waals surface area contributed by atoms with E-state index in [9.17, 15) is 18.4 Å². The number of aliphatic imine (C=N–C) groups is 1. The van der Waals surface area contributed by atoms with Crippen molar-refractivity contribution in [3.05, 3.63) is 58.1 Å².